The summed E-state index contributed by atoms with van der Waals surface area (Å²) in [5.74, 6) is 0.193. The highest BCUT2D eigenvalue weighted by molar-refractivity contribution is 5.76. The van der Waals surface area contributed by atoms with E-state index in [1.165, 1.54) is 11.1 Å². The maximum Gasteiger partial charge on any atom is 0.223 e. The molecule has 3 rings (SSSR count). The lowest BCUT2D eigenvalue weighted by atomic mass is 10.1. The van der Waals surface area contributed by atoms with Gasteiger partial charge in [0.2, 0.25) is 5.91 Å². The molecule has 0 spiro atoms. The third-order valence-corrected chi connectivity index (χ3v) is 4.53. The minimum absolute atomic E-state index is 0.193. The molecule has 0 aliphatic heterocycles. The van der Waals surface area contributed by atoms with E-state index in [0.717, 1.165) is 17.5 Å². The third-order valence-electron chi connectivity index (χ3n) is 4.53. The molecule has 0 unspecified atom stereocenters. The van der Waals surface area contributed by atoms with Crippen LogP contribution in [0.2, 0.25) is 0 Å². The first-order chi connectivity index (χ1) is 12.7. The fourth-order valence-corrected chi connectivity index (χ4v) is 3.00. The highest BCUT2D eigenvalue weighted by atomic mass is 16.2. The third kappa shape index (κ3) is 5.32. The predicted octanol–water partition coefficient (Wildman–Crippen LogP) is 5.16. The molecule has 0 aliphatic rings. The van der Waals surface area contributed by atoms with Gasteiger partial charge in [-0.2, -0.15) is 0 Å². The maximum atomic E-state index is 12.9. The van der Waals surface area contributed by atoms with Gasteiger partial charge in [0, 0.05) is 19.5 Å². The van der Waals surface area contributed by atoms with Crippen molar-refractivity contribution in [3.05, 3.63) is 107 Å². The summed E-state index contributed by atoms with van der Waals surface area (Å²) < 4.78 is 0. The smallest absolute Gasteiger partial charge is 0.223 e. The molecular weight excluding hydrogens is 318 g/mol. The van der Waals surface area contributed by atoms with Crippen LogP contribution in [-0.4, -0.2) is 10.8 Å². The molecule has 26 heavy (non-hydrogen) atoms. The molecule has 2 heteroatoms. The van der Waals surface area contributed by atoms with E-state index in [-0.39, 0.29) is 5.91 Å². The van der Waals surface area contributed by atoms with Crippen LogP contribution >= 0.6 is 0 Å². The molecule has 0 heterocycles. The number of aryl methyl sites for hydroxylation is 2. The fourth-order valence-electron chi connectivity index (χ4n) is 3.00. The second-order valence-electron chi connectivity index (χ2n) is 6.71. The average molecular weight is 343 g/mol. The molecule has 0 saturated carbocycles. The van der Waals surface area contributed by atoms with Gasteiger partial charge in [0.25, 0.3) is 0 Å². The van der Waals surface area contributed by atoms with E-state index in [9.17, 15) is 4.79 Å². The number of nitrogens with zero attached hydrogens (tertiary/aromatic N) is 1. The Morgan fingerprint density at radius 1 is 0.692 bits per heavy atom. The van der Waals surface area contributed by atoms with Gasteiger partial charge >= 0.3 is 0 Å². The van der Waals surface area contributed by atoms with Crippen LogP contribution in [0.15, 0.2) is 84.9 Å². The van der Waals surface area contributed by atoms with Gasteiger partial charge in [-0.1, -0.05) is 90.5 Å². The number of benzene rings is 3. The lowest BCUT2D eigenvalue weighted by Gasteiger charge is -2.23. The van der Waals surface area contributed by atoms with E-state index < -0.39 is 0 Å². The van der Waals surface area contributed by atoms with E-state index in [1.807, 2.05) is 41.3 Å². The van der Waals surface area contributed by atoms with Crippen molar-refractivity contribution in [2.45, 2.75) is 32.9 Å². The lowest BCUT2D eigenvalue weighted by Crippen LogP contribution is -2.30. The standard InChI is InChI=1S/C24H25NO/c1-20-12-14-21(15-13-20)16-17-24(26)25(18-22-8-4-2-5-9-22)19-23-10-6-3-7-11-23/h2-15H,16-19H2,1H3. The van der Waals surface area contributed by atoms with Crippen molar-refractivity contribution in [1.29, 1.82) is 0 Å². The summed E-state index contributed by atoms with van der Waals surface area (Å²) in [5, 5.41) is 0. The van der Waals surface area contributed by atoms with Crippen molar-refractivity contribution in [3.63, 3.8) is 0 Å². The van der Waals surface area contributed by atoms with Crippen molar-refractivity contribution in [1.82, 2.24) is 4.90 Å². The van der Waals surface area contributed by atoms with Crippen LogP contribution in [0.5, 0.6) is 0 Å². The first-order valence-corrected chi connectivity index (χ1v) is 9.12. The highest BCUT2D eigenvalue weighted by Gasteiger charge is 2.14. The Balaban J connectivity index is 1.68. The van der Waals surface area contributed by atoms with Gasteiger partial charge in [0.05, 0.1) is 0 Å². The van der Waals surface area contributed by atoms with Gasteiger partial charge in [-0.15, -0.1) is 0 Å². The van der Waals surface area contributed by atoms with Gasteiger partial charge in [-0.3, -0.25) is 4.79 Å². The molecule has 0 saturated heterocycles. The molecular formula is C24H25NO. The zero-order valence-electron chi connectivity index (χ0n) is 15.3. The van der Waals surface area contributed by atoms with Crippen molar-refractivity contribution < 1.29 is 4.79 Å². The highest BCUT2D eigenvalue weighted by Crippen LogP contribution is 2.13. The van der Waals surface area contributed by atoms with E-state index in [2.05, 4.69) is 55.5 Å². The van der Waals surface area contributed by atoms with Crippen molar-refractivity contribution >= 4 is 5.91 Å². The summed E-state index contributed by atoms with van der Waals surface area (Å²) in [6.07, 6.45) is 1.31. The summed E-state index contributed by atoms with van der Waals surface area (Å²) in [7, 11) is 0. The second-order valence-corrected chi connectivity index (χ2v) is 6.71. The second kappa shape index (κ2) is 9.00. The van der Waals surface area contributed by atoms with E-state index in [0.29, 0.717) is 19.5 Å². The summed E-state index contributed by atoms with van der Waals surface area (Å²) >= 11 is 0. The Labute approximate surface area is 156 Å². The Morgan fingerprint density at radius 3 is 1.69 bits per heavy atom. The number of carbonyl (C=O) groups is 1. The largest absolute Gasteiger partial charge is 0.334 e. The zero-order chi connectivity index (χ0) is 18.2. The van der Waals surface area contributed by atoms with Crippen molar-refractivity contribution in [2.24, 2.45) is 0 Å². The van der Waals surface area contributed by atoms with Crippen molar-refractivity contribution in [2.75, 3.05) is 0 Å². The minimum atomic E-state index is 0.193. The van der Waals surface area contributed by atoms with Gasteiger partial charge in [-0.25, -0.2) is 0 Å². The van der Waals surface area contributed by atoms with Gasteiger partial charge in [0.1, 0.15) is 0 Å². The van der Waals surface area contributed by atoms with E-state index in [4.69, 9.17) is 0 Å². The van der Waals surface area contributed by atoms with Gasteiger partial charge in [0.15, 0.2) is 0 Å². The Hall–Kier alpha value is -2.87. The number of carbonyl (C=O) groups excluding carboxylic acids is 1. The van der Waals surface area contributed by atoms with Crippen LogP contribution in [0, 0.1) is 6.92 Å². The van der Waals surface area contributed by atoms with Crippen LogP contribution in [0.1, 0.15) is 28.7 Å². The minimum Gasteiger partial charge on any atom is -0.334 e. The summed E-state index contributed by atoms with van der Waals surface area (Å²) in [6, 6.07) is 28.8. The average Bonchev–Trinajstić information content (AvgIpc) is 2.68. The molecule has 132 valence electrons. The number of hydrogen-bond acceptors (Lipinski definition) is 1. The topological polar surface area (TPSA) is 20.3 Å². The molecule has 0 atom stereocenters. The normalized spacial score (nSPS) is 10.5. The number of hydrogen-bond donors (Lipinski definition) is 0. The molecule has 3 aromatic rings. The first-order valence-electron chi connectivity index (χ1n) is 9.12. The van der Waals surface area contributed by atoms with Crippen LogP contribution in [0.25, 0.3) is 0 Å². The van der Waals surface area contributed by atoms with Crippen LogP contribution in [0.3, 0.4) is 0 Å². The SMILES string of the molecule is Cc1ccc(CCC(=O)N(Cc2ccccc2)Cc2ccccc2)cc1. The van der Waals surface area contributed by atoms with Gasteiger partial charge < -0.3 is 4.90 Å². The monoisotopic (exact) mass is 343 g/mol. The van der Waals surface area contributed by atoms with E-state index in [1.54, 1.807) is 0 Å². The Kier molecular flexibility index (Phi) is 6.21. The summed E-state index contributed by atoms with van der Waals surface area (Å²) in [5.41, 5.74) is 4.78. The molecule has 0 aliphatic carbocycles. The molecule has 0 fully saturated rings. The predicted molar refractivity (Wildman–Crippen MR) is 107 cm³/mol. The molecule has 2 nitrogen and oxygen atoms in total. The molecule has 0 N–H and O–H groups in total. The first kappa shape index (κ1) is 17.9. The Bertz CT molecular complexity index is 768. The van der Waals surface area contributed by atoms with Gasteiger partial charge in [-0.05, 0) is 30.0 Å². The number of amides is 1. The quantitative estimate of drug-likeness (QED) is 0.580. The lowest BCUT2D eigenvalue weighted by molar-refractivity contribution is -0.132. The summed E-state index contributed by atoms with van der Waals surface area (Å²) in [6.45, 7) is 3.36. The Morgan fingerprint density at radius 2 is 1.19 bits per heavy atom. The molecule has 3 aromatic carbocycles. The molecule has 0 radical (unpaired) electrons. The fraction of sp³-hybridized carbons (Fsp3) is 0.208. The maximum absolute atomic E-state index is 12.9. The van der Waals surface area contributed by atoms with Crippen LogP contribution in [-0.2, 0) is 24.3 Å². The summed E-state index contributed by atoms with van der Waals surface area (Å²) in [4.78, 5) is 14.9. The van der Waals surface area contributed by atoms with Crippen LogP contribution in [0.4, 0.5) is 0 Å². The molecule has 0 aromatic heterocycles. The number of rotatable bonds is 7. The van der Waals surface area contributed by atoms with Crippen molar-refractivity contribution in [3.8, 4) is 0 Å². The van der Waals surface area contributed by atoms with E-state index >= 15 is 0 Å². The molecule has 0 bridgehead atoms. The van der Waals surface area contributed by atoms with Crippen LogP contribution < -0.4 is 0 Å². The zero-order valence-corrected chi connectivity index (χ0v) is 15.3. The molecule has 1 amide bonds.